The highest BCUT2D eigenvalue weighted by atomic mass is 32.2. The van der Waals surface area contributed by atoms with Gasteiger partial charge in [0.1, 0.15) is 17.3 Å². The molecule has 4 rings (SSSR count). The van der Waals surface area contributed by atoms with E-state index in [2.05, 4.69) is 4.98 Å². The topological polar surface area (TPSA) is 80.3 Å². The number of furan rings is 1. The Bertz CT molecular complexity index is 994. The Morgan fingerprint density at radius 1 is 1.24 bits per heavy atom. The van der Waals surface area contributed by atoms with E-state index in [0.29, 0.717) is 46.0 Å². The first kappa shape index (κ1) is 19.4. The number of aliphatic imine (C=N–C) groups is 1. The van der Waals surface area contributed by atoms with Crippen molar-refractivity contribution in [3.05, 3.63) is 72.4 Å². The van der Waals surface area contributed by atoms with E-state index >= 15 is 0 Å². The van der Waals surface area contributed by atoms with Gasteiger partial charge in [-0.3, -0.25) is 4.98 Å². The molecule has 0 radical (unpaired) electrons. The minimum absolute atomic E-state index is 0.343. The summed E-state index contributed by atoms with van der Waals surface area (Å²) in [4.78, 5) is 10.6. The monoisotopic (exact) mass is 411 g/mol. The fourth-order valence-corrected chi connectivity index (χ4v) is 4.39. The zero-order valence-corrected chi connectivity index (χ0v) is 16.9. The molecule has 0 aliphatic carbocycles. The summed E-state index contributed by atoms with van der Waals surface area (Å²) in [6, 6.07) is 12.8. The molecule has 0 amide bonds. The van der Waals surface area contributed by atoms with Gasteiger partial charge in [0.05, 0.1) is 50.2 Å². The van der Waals surface area contributed by atoms with Gasteiger partial charge in [-0.15, -0.1) is 0 Å². The molecule has 150 valence electrons. The van der Waals surface area contributed by atoms with Crippen LogP contribution in [0.15, 0.2) is 70.5 Å². The van der Waals surface area contributed by atoms with Crippen LogP contribution in [0.1, 0.15) is 11.3 Å². The van der Waals surface area contributed by atoms with E-state index in [0.717, 1.165) is 0 Å². The number of pyridine rings is 1. The van der Waals surface area contributed by atoms with Gasteiger partial charge in [0.15, 0.2) is 10.9 Å². The summed E-state index contributed by atoms with van der Waals surface area (Å²) in [6.45, 7) is 0.343. The van der Waals surface area contributed by atoms with Crippen LogP contribution in [-0.2, 0) is 12.3 Å². The number of aromatic nitrogens is 1. The minimum atomic E-state index is -1.36. The highest BCUT2D eigenvalue weighted by molar-refractivity contribution is 8.14. The molecule has 1 fully saturated rings. The number of benzene rings is 1. The van der Waals surface area contributed by atoms with E-state index in [-0.39, 0.29) is 0 Å². The van der Waals surface area contributed by atoms with Gasteiger partial charge in [0.2, 0.25) is 0 Å². The molecule has 1 N–H and O–H groups in total. The minimum Gasteiger partial charge on any atom is -0.497 e. The molecule has 1 aromatic carbocycles. The number of aliphatic hydroxyl groups is 1. The molecule has 7 nitrogen and oxygen atoms in total. The molecule has 3 heterocycles. The number of hydrogen-bond donors (Lipinski definition) is 1. The number of amidine groups is 1. The second-order valence-electron chi connectivity index (χ2n) is 6.44. The average Bonchev–Trinajstić information content (AvgIpc) is 3.38. The summed E-state index contributed by atoms with van der Waals surface area (Å²) >= 11 is 1.46. The number of nitrogens with zero attached hydrogens (tertiary/aromatic N) is 3. The van der Waals surface area contributed by atoms with Gasteiger partial charge in [-0.25, -0.2) is 4.99 Å². The number of ether oxygens (including phenoxy) is 2. The van der Waals surface area contributed by atoms with Crippen molar-refractivity contribution < 1.29 is 19.0 Å². The van der Waals surface area contributed by atoms with E-state index in [1.807, 2.05) is 29.2 Å². The highest BCUT2D eigenvalue weighted by Gasteiger charge is 2.47. The van der Waals surface area contributed by atoms with Crippen LogP contribution in [-0.4, -0.2) is 40.1 Å². The summed E-state index contributed by atoms with van der Waals surface area (Å²) in [5, 5.41) is 12.5. The average molecular weight is 411 g/mol. The fourth-order valence-electron chi connectivity index (χ4n) is 3.21. The number of rotatable bonds is 6. The van der Waals surface area contributed by atoms with Crippen molar-refractivity contribution in [3.63, 3.8) is 0 Å². The lowest BCUT2D eigenvalue weighted by molar-refractivity contribution is -0.0560. The van der Waals surface area contributed by atoms with Crippen molar-refractivity contribution in [1.82, 2.24) is 9.88 Å². The summed E-state index contributed by atoms with van der Waals surface area (Å²) in [7, 11) is 3.17. The standard InChI is InChI=1S/C21H21N3O4S/c1-26-16-7-8-19(27-2)18(11-16)21(25)14-29-20(23-15-5-3-9-22-12-15)24(21)13-17-6-4-10-28-17/h3-12,25H,13-14H2,1-2H3/t21-/m1/s1. The van der Waals surface area contributed by atoms with Gasteiger partial charge in [-0.05, 0) is 42.5 Å². The van der Waals surface area contributed by atoms with E-state index in [1.165, 1.54) is 11.8 Å². The van der Waals surface area contributed by atoms with Gasteiger partial charge in [-0.2, -0.15) is 0 Å². The van der Waals surface area contributed by atoms with Gasteiger partial charge < -0.3 is 23.9 Å². The number of thioether (sulfide) groups is 1. The Morgan fingerprint density at radius 3 is 2.83 bits per heavy atom. The molecule has 0 spiro atoms. The molecule has 8 heteroatoms. The lowest BCUT2D eigenvalue weighted by Gasteiger charge is -2.35. The molecular formula is C21H21N3O4S. The van der Waals surface area contributed by atoms with Crippen molar-refractivity contribution in [3.8, 4) is 11.5 Å². The summed E-state index contributed by atoms with van der Waals surface area (Å²) in [5.41, 5.74) is -0.0469. The summed E-state index contributed by atoms with van der Waals surface area (Å²) < 4.78 is 16.4. The van der Waals surface area contributed by atoms with Crippen LogP contribution in [0.4, 0.5) is 5.69 Å². The first-order valence-electron chi connectivity index (χ1n) is 9.00. The van der Waals surface area contributed by atoms with Crippen molar-refractivity contribution in [2.24, 2.45) is 4.99 Å². The zero-order valence-electron chi connectivity index (χ0n) is 16.1. The van der Waals surface area contributed by atoms with Crippen LogP contribution in [0.3, 0.4) is 0 Å². The van der Waals surface area contributed by atoms with Gasteiger partial charge in [0, 0.05) is 6.20 Å². The molecule has 3 aromatic rings. The van der Waals surface area contributed by atoms with Crippen molar-refractivity contribution in [2.45, 2.75) is 12.3 Å². The molecular weight excluding hydrogens is 390 g/mol. The fraction of sp³-hybridized carbons (Fsp3) is 0.238. The normalized spacial score (nSPS) is 20.2. The van der Waals surface area contributed by atoms with Gasteiger partial charge in [-0.1, -0.05) is 11.8 Å². The Kier molecular flexibility index (Phi) is 5.46. The first-order valence-corrected chi connectivity index (χ1v) is 9.99. The SMILES string of the molecule is COc1ccc(OC)c([C@]2(O)CSC(=Nc3cccnc3)N2Cc2ccco2)c1. The predicted octanol–water partition coefficient (Wildman–Crippen LogP) is 3.77. The van der Waals surface area contributed by atoms with Gasteiger partial charge in [0.25, 0.3) is 0 Å². The summed E-state index contributed by atoms with van der Waals surface area (Å²) in [6.07, 6.45) is 4.99. The Morgan fingerprint density at radius 2 is 2.14 bits per heavy atom. The third-order valence-electron chi connectivity index (χ3n) is 4.68. The molecule has 0 saturated carbocycles. The van der Waals surface area contributed by atoms with E-state index in [1.54, 1.807) is 51.1 Å². The molecule has 0 bridgehead atoms. The van der Waals surface area contributed by atoms with Crippen LogP contribution in [0.5, 0.6) is 11.5 Å². The number of hydrogen-bond acceptors (Lipinski definition) is 7. The molecule has 29 heavy (non-hydrogen) atoms. The van der Waals surface area contributed by atoms with E-state index in [9.17, 15) is 5.11 Å². The quantitative estimate of drug-likeness (QED) is 0.661. The molecule has 1 saturated heterocycles. The first-order chi connectivity index (χ1) is 14.1. The molecule has 1 aliphatic rings. The molecule has 0 unspecified atom stereocenters. The molecule has 2 aromatic heterocycles. The van der Waals surface area contributed by atoms with Crippen LogP contribution < -0.4 is 9.47 Å². The second-order valence-corrected chi connectivity index (χ2v) is 7.39. The Balaban J connectivity index is 1.80. The smallest absolute Gasteiger partial charge is 0.179 e. The van der Waals surface area contributed by atoms with Gasteiger partial charge >= 0.3 is 0 Å². The maximum Gasteiger partial charge on any atom is 0.179 e. The predicted molar refractivity (Wildman–Crippen MR) is 111 cm³/mol. The third-order valence-corrected chi connectivity index (χ3v) is 5.80. The Labute approximate surface area is 173 Å². The lowest BCUT2D eigenvalue weighted by Crippen LogP contribution is -2.44. The third kappa shape index (κ3) is 3.81. The summed E-state index contributed by atoms with van der Waals surface area (Å²) in [5.74, 6) is 2.29. The van der Waals surface area contributed by atoms with E-state index in [4.69, 9.17) is 18.9 Å². The largest absolute Gasteiger partial charge is 0.497 e. The van der Waals surface area contributed by atoms with E-state index < -0.39 is 5.72 Å². The molecule has 1 aliphatic heterocycles. The van der Waals surface area contributed by atoms with Crippen molar-refractivity contribution in [1.29, 1.82) is 0 Å². The maximum atomic E-state index is 11.8. The van der Waals surface area contributed by atoms with Crippen molar-refractivity contribution in [2.75, 3.05) is 20.0 Å². The zero-order chi connectivity index (χ0) is 20.3. The number of methoxy groups -OCH3 is 2. The lowest BCUT2D eigenvalue weighted by atomic mass is 10.0. The van der Waals surface area contributed by atoms with Crippen LogP contribution in [0.2, 0.25) is 0 Å². The van der Waals surface area contributed by atoms with Crippen LogP contribution >= 0.6 is 11.8 Å². The van der Waals surface area contributed by atoms with Crippen LogP contribution in [0, 0.1) is 0 Å². The highest BCUT2D eigenvalue weighted by Crippen LogP contribution is 2.45. The Hall–Kier alpha value is -2.97. The van der Waals surface area contributed by atoms with Crippen molar-refractivity contribution >= 4 is 22.6 Å². The second kappa shape index (κ2) is 8.18. The molecule has 1 atom stereocenters. The van der Waals surface area contributed by atoms with Crippen LogP contribution in [0.25, 0.3) is 0 Å². The maximum absolute atomic E-state index is 11.8.